The Morgan fingerprint density at radius 2 is 1.81 bits per heavy atom. The quantitative estimate of drug-likeness (QED) is 0.841. The van der Waals surface area contributed by atoms with Gasteiger partial charge in [-0.25, -0.2) is 13.6 Å². The molecule has 4 nitrogen and oxygen atoms in total. The molecule has 1 aromatic rings. The topological polar surface area (TPSA) is 69.4 Å². The van der Waals surface area contributed by atoms with E-state index in [4.69, 9.17) is 9.88 Å². The van der Waals surface area contributed by atoms with Crippen molar-refractivity contribution in [2.75, 3.05) is 12.4 Å². The standard InChI is InChI=1S/C16H27NO3S/c1-11(2)14(10-21(17,18)19)9-20-15-6-7-16(12(3)4)13(5)8-15/h6-8,11-12,14H,9-10H2,1-5H3,(H2,17,18,19). The van der Waals surface area contributed by atoms with Gasteiger partial charge >= 0.3 is 0 Å². The van der Waals surface area contributed by atoms with Crippen molar-refractivity contribution in [1.82, 2.24) is 0 Å². The van der Waals surface area contributed by atoms with Crippen LogP contribution in [0.1, 0.15) is 44.7 Å². The Kier molecular flexibility index (Phi) is 6.23. The Balaban J connectivity index is 2.74. The van der Waals surface area contributed by atoms with Crippen molar-refractivity contribution in [2.24, 2.45) is 17.0 Å². The zero-order valence-electron chi connectivity index (χ0n) is 13.6. The van der Waals surface area contributed by atoms with E-state index in [1.807, 2.05) is 26.0 Å². The van der Waals surface area contributed by atoms with Crippen LogP contribution in [0, 0.1) is 18.8 Å². The van der Waals surface area contributed by atoms with Crippen LogP contribution in [0.25, 0.3) is 0 Å². The van der Waals surface area contributed by atoms with Crippen LogP contribution in [0.2, 0.25) is 0 Å². The van der Waals surface area contributed by atoms with E-state index in [2.05, 4.69) is 26.8 Å². The third-order valence-electron chi connectivity index (χ3n) is 3.72. The van der Waals surface area contributed by atoms with Gasteiger partial charge in [0.05, 0.1) is 12.4 Å². The first-order chi connectivity index (χ1) is 9.60. The first-order valence-corrected chi connectivity index (χ1v) is 9.05. The number of hydrogen-bond donors (Lipinski definition) is 1. The largest absolute Gasteiger partial charge is 0.493 e. The monoisotopic (exact) mass is 313 g/mol. The second-order valence-electron chi connectivity index (χ2n) is 6.32. The van der Waals surface area contributed by atoms with Crippen LogP contribution >= 0.6 is 0 Å². The third kappa shape index (κ3) is 6.06. The SMILES string of the molecule is Cc1cc(OCC(CS(N)(=O)=O)C(C)C)ccc1C(C)C. The van der Waals surface area contributed by atoms with Crippen LogP contribution in [-0.4, -0.2) is 20.8 Å². The number of nitrogens with two attached hydrogens (primary N) is 1. The molecule has 0 spiro atoms. The fourth-order valence-corrected chi connectivity index (χ4v) is 3.40. The molecule has 0 radical (unpaired) electrons. The van der Waals surface area contributed by atoms with E-state index in [0.717, 1.165) is 5.75 Å². The van der Waals surface area contributed by atoms with Crippen molar-refractivity contribution in [3.63, 3.8) is 0 Å². The highest BCUT2D eigenvalue weighted by Gasteiger charge is 2.20. The molecule has 0 fully saturated rings. The van der Waals surface area contributed by atoms with Gasteiger partial charge in [0, 0.05) is 5.92 Å². The maximum absolute atomic E-state index is 11.3. The lowest BCUT2D eigenvalue weighted by molar-refractivity contribution is 0.224. The number of aryl methyl sites for hydroxylation is 1. The third-order valence-corrected chi connectivity index (χ3v) is 4.61. The summed E-state index contributed by atoms with van der Waals surface area (Å²) in [6.45, 7) is 10.7. The molecule has 0 saturated carbocycles. The normalized spacial score (nSPS) is 13.7. The molecule has 1 atom stereocenters. The molecule has 1 unspecified atom stereocenters. The van der Waals surface area contributed by atoms with E-state index in [9.17, 15) is 8.42 Å². The van der Waals surface area contributed by atoms with Gasteiger partial charge in [-0.1, -0.05) is 33.8 Å². The van der Waals surface area contributed by atoms with Crippen LogP contribution in [0.3, 0.4) is 0 Å². The molecule has 1 aromatic carbocycles. The van der Waals surface area contributed by atoms with Gasteiger partial charge in [-0.15, -0.1) is 0 Å². The molecule has 120 valence electrons. The van der Waals surface area contributed by atoms with Crippen LogP contribution in [0.4, 0.5) is 0 Å². The van der Waals surface area contributed by atoms with Gasteiger partial charge in [0.1, 0.15) is 5.75 Å². The van der Waals surface area contributed by atoms with Crippen LogP contribution < -0.4 is 9.88 Å². The summed E-state index contributed by atoms with van der Waals surface area (Å²) in [5, 5.41) is 5.14. The molecule has 1 rings (SSSR count). The van der Waals surface area contributed by atoms with Crippen molar-refractivity contribution in [1.29, 1.82) is 0 Å². The maximum atomic E-state index is 11.3. The number of rotatable bonds is 7. The summed E-state index contributed by atoms with van der Waals surface area (Å²) < 4.78 is 28.3. The van der Waals surface area contributed by atoms with Crippen molar-refractivity contribution in [2.45, 2.75) is 40.5 Å². The molecular formula is C16H27NO3S. The predicted octanol–water partition coefficient (Wildman–Crippen LogP) is 3.06. The van der Waals surface area contributed by atoms with E-state index in [-0.39, 0.29) is 17.6 Å². The van der Waals surface area contributed by atoms with Crippen molar-refractivity contribution < 1.29 is 13.2 Å². The summed E-state index contributed by atoms with van der Waals surface area (Å²) in [6, 6.07) is 6.01. The molecule has 0 bridgehead atoms. The van der Waals surface area contributed by atoms with Gasteiger partial charge in [0.2, 0.25) is 10.0 Å². The van der Waals surface area contributed by atoms with Gasteiger partial charge in [-0.05, 0) is 42.0 Å². The van der Waals surface area contributed by atoms with Gasteiger partial charge in [-0.3, -0.25) is 0 Å². The average molecular weight is 313 g/mol. The van der Waals surface area contributed by atoms with E-state index in [1.54, 1.807) is 0 Å². The lowest BCUT2D eigenvalue weighted by Gasteiger charge is -2.20. The number of sulfonamides is 1. The molecule has 0 amide bonds. The minimum Gasteiger partial charge on any atom is -0.493 e. The van der Waals surface area contributed by atoms with Crippen LogP contribution in [0.5, 0.6) is 5.75 Å². The molecule has 0 saturated heterocycles. The Morgan fingerprint density at radius 3 is 2.24 bits per heavy atom. The van der Waals surface area contributed by atoms with E-state index < -0.39 is 10.0 Å². The molecule has 0 heterocycles. The summed E-state index contributed by atoms with van der Waals surface area (Å²) in [4.78, 5) is 0. The molecule has 0 aliphatic carbocycles. The first-order valence-electron chi connectivity index (χ1n) is 7.34. The van der Waals surface area contributed by atoms with Gasteiger partial charge in [0.25, 0.3) is 0 Å². The fraction of sp³-hybridized carbons (Fsp3) is 0.625. The molecule has 0 aliphatic rings. The number of ether oxygens (including phenoxy) is 1. The Morgan fingerprint density at radius 1 is 1.19 bits per heavy atom. The number of primary sulfonamides is 1. The summed E-state index contributed by atoms with van der Waals surface area (Å²) in [5.74, 6) is 1.29. The average Bonchev–Trinajstić information content (AvgIpc) is 2.32. The zero-order chi connectivity index (χ0) is 16.2. The smallest absolute Gasteiger partial charge is 0.209 e. The maximum Gasteiger partial charge on any atom is 0.209 e. The molecule has 5 heteroatoms. The second kappa shape index (κ2) is 7.27. The van der Waals surface area contributed by atoms with E-state index in [0.29, 0.717) is 12.5 Å². The Hall–Kier alpha value is -1.07. The number of benzene rings is 1. The van der Waals surface area contributed by atoms with Crippen LogP contribution in [0.15, 0.2) is 18.2 Å². The highest BCUT2D eigenvalue weighted by atomic mass is 32.2. The van der Waals surface area contributed by atoms with Crippen molar-refractivity contribution in [3.05, 3.63) is 29.3 Å². The lowest BCUT2D eigenvalue weighted by atomic mass is 9.97. The Bertz CT molecular complexity index is 565. The summed E-state index contributed by atoms with van der Waals surface area (Å²) in [6.07, 6.45) is 0. The second-order valence-corrected chi connectivity index (χ2v) is 7.98. The van der Waals surface area contributed by atoms with Crippen molar-refractivity contribution >= 4 is 10.0 Å². The first kappa shape index (κ1) is 18.0. The van der Waals surface area contributed by atoms with Crippen molar-refractivity contribution in [3.8, 4) is 5.75 Å². The predicted molar refractivity (Wildman–Crippen MR) is 87.1 cm³/mol. The minimum atomic E-state index is -3.48. The molecule has 0 aromatic heterocycles. The molecule has 2 N–H and O–H groups in total. The Labute approximate surface area is 128 Å². The highest BCUT2D eigenvalue weighted by Crippen LogP contribution is 2.24. The van der Waals surface area contributed by atoms with E-state index >= 15 is 0 Å². The van der Waals surface area contributed by atoms with E-state index in [1.165, 1.54) is 11.1 Å². The molecular weight excluding hydrogens is 286 g/mol. The number of hydrogen-bond acceptors (Lipinski definition) is 3. The van der Waals surface area contributed by atoms with Gasteiger partial charge in [-0.2, -0.15) is 0 Å². The fourth-order valence-electron chi connectivity index (χ4n) is 2.32. The van der Waals surface area contributed by atoms with Gasteiger partial charge < -0.3 is 4.74 Å². The summed E-state index contributed by atoms with van der Waals surface area (Å²) >= 11 is 0. The molecule has 0 aliphatic heterocycles. The van der Waals surface area contributed by atoms with Crippen LogP contribution in [-0.2, 0) is 10.0 Å². The summed E-state index contributed by atoms with van der Waals surface area (Å²) in [7, 11) is -3.48. The zero-order valence-corrected chi connectivity index (χ0v) is 14.4. The highest BCUT2D eigenvalue weighted by molar-refractivity contribution is 7.89. The minimum absolute atomic E-state index is 0.0479. The summed E-state index contributed by atoms with van der Waals surface area (Å²) in [5.41, 5.74) is 2.49. The molecule has 21 heavy (non-hydrogen) atoms. The lowest BCUT2D eigenvalue weighted by Crippen LogP contribution is -2.30. The van der Waals surface area contributed by atoms with Gasteiger partial charge in [0.15, 0.2) is 0 Å².